The van der Waals surface area contributed by atoms with E-state index in [4.69, 9.17) is 14.2 Å². The number of carbonyl (C=O) groups excluding carboxylic acids is 2. The first-order chi connectivity index (χ1) is 19.1. The Balaban J connectivity index is 1.42. The van der Waals surface area contributed by atoms with Crippen LogP contribution in [0.5, 0.6) is 0 Å². The van der Waals surface area contributed by atoms with Gasteiger partial charge in [0.05, 0.1) is 35.2 Å². The van der Waals surface area contributed by atoms with Gasteiger partial charge in [0.15, 0.2) is 0 Å². The van der Waals surface area contributed by atoms with Crippen molar-refractivity contribution in [1.29, 1.82) is 0 Å². The Hall–Kier alpha value is -2.12. The van der Waals surface area contributed by atoms with Crippen LogP contribution in [0.15, 0.2) is 35.6 Å². The molecule has 2 spiro atoms. The van der Waals surface area contributed by atoms with Crippen LogP contribution in [0.1, 0.15) is 97.3 Å². The molecule has 2 aliphatic heterocycles. The number of aliphatic hydroxyl groups excluding tert-OH is 2. The fourth-order valence-corrected chi connectivity index (χ4v) is 11.1. The quantitative estimate of drug-likeness (QED) is 0.363. The van der Waals surface area contributed by atoms with Gasteiger partial charge in [-0.3, -0.25) is 4.79 Å². The molecule has 40 heavy (non-hydrogen) atoms. The predicted molar refractivity (Wildman–Crippen MR) is 147 cm³/mol. The van der Waals surface area contributed by atoms with Crippen molar-refractivity contribution in [2.24, 2.45) is 27.6 Å². The Morgan fingerprint density at radius 1 is 1.10 bits per heavy atom. The molecule has 7 nitrogen and oxygen atoms in total. The maximum atomic E-state index is 13.8. The van der Waals surface area contributed by atoms with Crippen molar-refractivity contribution in [3.8, 4) is 0 Å². The van der Waals surface area contributed by atoms with Gasteiger partial charge in [-0.15, -0.1) is 0 Å². The summed E-state index contributed by atoms with van der Waals surface area (Å²) in [6, 6.07) is 0. The Morgan fingerprint density at radius 3 is 2.65 bits per heavy atom. The molecule has 7 rings (SSSR count). The van der Waals surface area contributed by atoms with Crippen molar-refractivity contribution in [3.05, 3.63) is 35.6 Å². The lowest BCUT2D eigenvalue weighted by Gasteiger charge is -2.81. The summed E-state index contributed by atoms with van der Waals surface area (Å²) in [4.78, 5) is 25.7. The van der Waals surface area contributed by atoms with E-state index in [1.54, 1.807) is 6.08 Å². The average Bonchev–Trinajstić information content (AvgIpc) is 3.36. The summed E-state index contributed by atoms with van der Waals surface area (Å²) < 4.78 is 18.9. The summed E-state index contributed by atoms with van der Waals surface area (Å²) in [6.07, 6.45) is 16.0. The Labute approximate surface area is 237 Å². The lowest BCUT2D eigenvalue weighted by Crippen LogP contribution is -2.86. The number of hydrogen-bond donors (Lipinski definition) is 2. The second-order valence-electron chi connectivity index (χ2n) is 14.3. The van der Waals surface area contributed by atoms with Crippen LogP contribution in [0.4, 0.5) is 0 Å². The number of ether oxygens (including phenoxy) is 3. The highest BCUT2D eigenvalue weighted by molar-refractivity contribution is 5.85. The van der Waals surface area contributed by atoms with Gasteiger partial charge < -0.3 is 24.4 Å². The van der Waals surface area contributed by atoms with Crippen LogP contribution in [0.3, 0.4) is 0 Å². The van der Waals surface area contributed by atoms with Crippen molar-refractivity contribution in [2.45, 2.75) is 121 Å². The summed E-state index contributed by atoms with van der Waals surface area (Å²) >= 11 is 0. The Bertz CT molecular complexity index is 1200. The largest absolute Gasteiger partial charge is 0.493 e. The lowest BCUT2D eigenvalue weighted by atomic mass is 9.26. The minimum Gasteiger partial charge on any atom is -0.493 e. The summed E-state index contributed by atoms with van der Waals surface area (Å²) in [7, 11) is 0. The van der Waals surface area contributed by atoms with Gasteiger partial charge in [0, 0.05) is 11.5 Å². The molecule has 7 aliphatic rings. The fraction of sp³-hybridized carbons (Fsp3) is 0.758. The van der Waals surface area contributed by atoms with Gasteiger partial charge in [-0.05, 0) is 80.8 Å². The zero-order valence-electron chi connectivity index (χ0n) is 24.0. The molecule has 5 aliphatic carbocycles. The minimum atomic E-state index is -1.10. The standard InChI is InChI=1S/C33H44O7/c1-29-13-6-9-23-20-39-31(16-10-21-17-27(36)38-19-21)30(2)15-12-25(35)33(31,24(34)11-14-29)32(23,29)26(18-30)40-28(37)22-7-4-3-5-8-22/h12,15,17,20,22,24-26,34-35H,3-11,13-14,16,18-19H2,1-2H3. The van der Waals surface area contributed by atoms with E-state index in [1.807, 2.05) is 12.3 Å². The first-order valence-electron chi connectivity index (χ1n) is 15.6. The van der Waals surface area contributed by atoms with Gasteiger partial charge in [0.2, 0.25) is 0 Å². The molecule has 0 aromatic heterocycles. The highest BCUT2D eigenvalue weighted by atomic mass is 16.6. The van der Waals surface area contributed by atoms with Gasteiger partial charge in [0.1, 0.15) is 18.3 Å². The van der Waals surface area contributed by atoms with Crippen molar-refractivity contribution < 1.29 is 34.0 Å². The average molecular weight is 553 g/mol. The molecule has 8 unspecified atom stereocenters. The van der Waals surface area contributed by atoms with Crippen LogP contribution in [0.2, 0.25) is 0 Å². The molecule has 7 heteroatoms. The molecule has 2 N–H and O–H groups in total. The third-order valence-electron chi connectivity index (χ3n) is 12.7. The SMILES string of the molecule is CC12C=CC(O)C34C(O)CCC5(C)CCCC(=COC13CCC1=CC(=O)OC1)C54C(OC(=O)C1CCCCC1)C2. The second kappa shape index (κ2) is 8.94. The molecule has 8 atom stereocenters. The molecule has 0 radical (unpaired) electrons. The summed E-state index contributed by atoms with van der Waals surface area (Å²) in [5.74, 6) is -0.513. The lowest BCUT2D eigenvalue weighted by molar-refractivity contribution is -0.379. The number of cyclic esters (lactones) is 1. The number of hydrogen-bond acceptors (Lipinski definition) is 7. The monoisotopic (exact) mass is 552 g/mol. The molecule has 0 amide bonds. The first kappa shape index (κ1) is 26.8. The van der Waals surface area contributed by atoms with E-state index in [9.17, 15) is 19.8 Å². The van der Waals surface area contributed by atoms with Crippen LogP contribution in [-0.2, 0) is 23.8 Å². The van der Waals surface area contributed by atoms with Crippen molar-refractivity contribution in [1.82, 2.24) is 0 Å². The molecule has 0 saturated heterocycles. The number of rotatable bonds is 5. The van der Waals surface area contributed by atoms with E-state index in [-0.39, 0.29) is 29.9 Å². The van der Waals surface area contributed by atoms with E-state index in [0.717, 1.165) is 62.5 Å². The zero-order chi connectivity index (χ0) is 28.0. The summed E-state index contributed by atoms with van der Waals surface area (Å²) in [5, 5.41) is 24.6. The summed E-state index contributed by atoms with van der Waals surface area (Å²) in [6.45, 7) is 4.73. The van der Waals surface area contributed by atoms with Crippen LogP contribution in [0.25, 0.3) is 0 Å². The van der Waals surface area contributed by atoms with Crippen molar-refractivity contribution >= 4 is 11.9 Å². The molecule has 4 bridgehead atoms. The van der Waals surface area contributed by atoms with E-state index in [2.05, 4.69) is 19.9 Å². The van der Waals surface area contributed by atoms with E-state index >= 15 is 0 Å². The molecule has 2 heterocycles. The third kappa shape index (κ3) is 3.09. The normalized spacial score (nSPS) is 47.4. The molecule has 0 aromatic carbocycles. The van der Waals surface area contributed by atoms with Gasteiger partial charge in [-0.2, -0.15) is 0 Å². The fourth-order valence-electron chi connectivity index (χ4n) is 11.1. The van der Waals surface area contributed by atoms with Gasteiger partial charge in [-0.1, -0.05) is 45.3 Å². The predicted octanol–water partition coefficient (Wildman–Crippen LogP) is 5.05. The number of aliphatic hydroxyl groups is 2. The third-order valence-corrected chi connectivity index (χ3v) is 12.7. The minimum absolute atomic E-state index is 0.0808. The Morgan fingerprint density at radius 2 is 1.90 bits per heavy atom. The molecule has 218 valence electrons. The van der Waals surface area contributed by atoms with Crippen molar-refractivity contribution in [2.75, 3.05) is 6.61 Å². The molecule has 0 aromatic rings. The maximum absolute atomic E-state index is 13.8. The molecule has 4 fully saturated rings. The summed E-state index contributed by atoms with van der Waals surface area (Å²) in [5.41, 5.74) is -1.69. The zero-order valence-corrected chi connectivity index (χ0v) is 24.0. The second-order valence-corrected chi connectivity index (χ2v) is 14.3. The van der Waals surface area contributed by atoms with Crippen molar-refractivity contribution in [3.63, 3.8) is 0 Å². The highest BCUT2D eigenvalue weighted by Gasteiger charge is 2.87. The number of esters is 2. The molecule has 4 saturated carbocycles. The van der Waals surface area contributed by atoms with Crippen LogP contribution < -0.4 is 0 Å². The smallest absolute Gasteiger partial charge is 0.331 e. The topological polar surface area (TPSA) is 102 Å². The van der Waals surface area contributed by atoms with Crippen LogP contribution >= 0.6 is 0 Å². The maximum Gasteiger partial charge on any atom is 0.331 e. The highest BCUT2D eigenvalue weighted by Crippen LogP contribution is 2.82. The van der Waals surface area contributed by atoms with E-state index in [0.29, 0.717) is 25.7 Å². The van der Waals surface area contributed by atoms with E-state index in [1.165, 1.54) is 6.42 Å². The molecular formula is C33H44O7. The van der Waals surface area contributed by atoms with Gasteiger partial charge in [-0.25, -0.2) is 4.79 Å². The van der Waals surface area contributed by atoms with Crippen LogP contribution in [0, 0.1) is 27.6 Å². The Kier molecular flexibility index (Phi) is 5.98. The van der Waals surface area contributed by atoms with E-state index < -0.39 is 40.2 Å². The van der Waals surface area contributed by atoms with Gasteiger partial charge >= 0.3 is 11.9 Å². The van der Waals surface area contributed by atoms with Crippen LogP contribution in [-0.4, -0.2) is 52.7 Å². The number of carbonyl (C=O) groups is 2. The van der Waals surface area contributed by atoms with Gasteiger partial charge in [0.25, 0.3) is 0 Å². The first-order valence-corrected chi connectivity index (χ1v) is 15.6. The molecular weight excluding hydrogens is 508 g/mol.